The Hall–Kier alpha value is -3.02. The summed E-state index contributed by atoms with van der Waals surface area (Å²) in [5.74, 6) is -0.163. The van der Waals surface area contributed by atoms with Crippen LogP contribution >= 0.6 is 0 Å². The molecule has 1 aromatic carbocycles. The topological polar surface area (TPSA) is 65.3 Å². The predicted molar refractivity (Wildman–Crippen MR) is 102 cm³/mol. The number of ether oxygens (including phenoxy) is 1. The number of nitrogens with one attached hydrogen (secondary N) is 1. The van der Waals surface area contributed by atoms with Gasteiger partial charge in [-0.2, -0.15) is 0 Å². The molecule has 1 N–H and O–H groups in total. The number of anilines is 1. The van der Waals surface area contributed by atoms with Crippen LogP contribution in [0.2, 0.25) is 0 Å². The van der Waals surface area contributed by atoms with Crippen molar-refractivity contribution in [2.75, 3.05) is 5.32 Å². The Kier molecular flexibility index (Phi) is 4.36. The molecule has 1 amide bonds. The van der Waals surface area contributed by atoms with Crippen LogP contribution in [0.25, 0.3) is 10.9 Å². The highest BCUT2D eigenvalue weighted by Gasteiger charge is 2.19. The van der Waals surface area contributed by atoms with Gasteiger partial charge in [0.05, 0.1) is 11.2 Å². The Bertz CT molecular complexity index is 990. The summed E-state index contributed by atoms with van der Waals surface area (Å²) in [5.41, 5.74) is 2.39. The molecule has 0 aliphatic carbocycles. The van der Waals surface area contributed by atoms with Gasteiger partial charge in [-0.15, -0.1) is 0 Å². The quantitative estimate of drug-likeness (QED) is 0.746. The second-order valence-corrected chi connectivity index (χ2v) is 7.40. The van der Waals surface area contributed by atoms with Crippen molar-refractivity contribution >= 4 is 28.6 Å². The number of nitrogens with zero attached hydrogens (tertiary/aromatic N) is 2. The van der Waals surface area contributed by atoms with Crippen LogP contribution in [0.4, 0.5) is 10.5 Å². The van der Waals surface area contributed by atoms with Crippen LogP contribution < -0.4 is 5.32 Å². The lowest BCUT2D eigenvalue weighted by atomic mass is 10.2. The van der Waals surface area contributed by atoms with E-state index >= 15 is 0 Å². The number of carbonyl (C=O) groups excluding carboxylic acids is 2. The molecule has 0 bridgehead atoms. The van der Waals surface area contributed by atoms with Crippen molar-refractivity contribution in [1.82, 2.24) is 9.13 Å². The number of hydrogen-bond donors (Lipinski definition) is 1. The minimum Gasteiger partial charge on any atom is -0.444 e. The van der Waals surface area contributed by atoms with Gasteiger partial charge in [0, 0.05) is 24.8 Å². The van der Waals surface area contributed by atoms with E-state index in [4.69, 9.17) is 4.74 Å². The van der Waals surface area contributed by atoms with Crippen molar-refractivity contribution in [2.24, 2.45) is 7.05 Å². The highest BCUT2D eigenvalue weighted by molar-refractivity contribution is 6.02. The van der Waals surface area contributed by atoms with Crippen LogP contribution in [0.5, 0.6) is 0 Å². The lowest BCUT2D eigenvalue weighted by Gasteiger charge is -2.19. The number of benzene rings is 1. The van der Waals surface area contributed by atoms with Crippen LogP contribution in [0.3, 0.4) is 0 Å². The molecule has 0 spiro atoms. The Morgan fingerprint density at radius 3 is 2.54 bits per heavy atom. The summed E-state index contributed by atoms with van der Waals surface area (Å²) in [6.07, 6.45) is 2.90. The first-order valence-electron chi connectivity index (χ1n) is 8.43. The molecule has 0 saturated heterocycles. The molecule has 6 nitrogen and oxygen atoms in total. The number of aryl methyl sites for hydroxylation is 2. The third kappa shape index (κ3) is 3.64. The maximum atomic E-state index is 13.0. The van der Waals surface area contributed by atoms with Gasteiger partial charge in [0.2, 0.25) is 0 Å². The molecule has 0 fully saturated rings. The fourth-order valence-corrected chi connectivity index (χ4v) is 2.83. The van der Waals surface area contributed by atoms with Gasteiger partial charge in [0.1, 0.15) is 11.3 Å². The van der Waals surface area contributed by atoms with E-state index in [1.807, 2.05) is 31.2 Å². The number of aromatic nitrogens is 2. The molecule has 6 heteroatoms. The van der Waals surface area contributed by atoms with Gasteiger partial charge in [0.15, 0.2) is 0 Å². The maximum absolute atomic E-state index is 13.0. The smallest absolute Gasteiger partial charge is 0.412 e. The summed E-state index contributed by atoms with van der Waals surface area (Å²) >= 11 is 0. The zero-order valence-corrected chi connectivity index (χ0v) is 15.7. The molecule has 2 heterocycles. The van der Waals surface area contributed by atoms with E-state index in [0.717, 1.165) is 16.5 Å². The fourth-order valence-electron chi connectivity index (χ4n) is 2.83. The third-order valence-electron chi connectivity index (χ3n) is 3.93. The van der Waals surface area contributed by atoms with Crippen molar-refractivity contribution < 1.29 is 14.3 Å². The number of fused-ring (bicyclic) bond motifs is 1. The van der Waals surface area contributed by atoms with E-state index in [1.165, 1.54) is 0 Å². The lowest BCUT2D eigenvalue weighted by molar-refractivity contribution is 0.0635. The van der Waals surface area contributed by atoms with Gasteiger partial charge in [-0.3, -0.25) is 14.7 Å². The summed E-state index contributed by atoms with van der Waals surface area (Å²) in [7, 11) is 1.77. The fraction of sp³-hybridized carbons (Fsp3) is 0.300. The first-order chi connectivity index (χ1) is 12.1. The Morgan fingerprint density at radius 2 is 1.85 bits per heavy atom. The summed E-state index contributed by atoms with van der Waals surface area (Å²) in [6.45, 7) is 7.41. The number of hydrogen-bond acceptors (Lipinski definition) is 3. The largest absolute Gasteiger partial charge is 0.444 e. The molecular weight excluding hydrogens is 330 g/mol. The van der Waals surface area contributed by atoms with Gasteiger partial charge in [-0.05, 0) is 52.0 Å². The predicted octanol–water partition coefficient (Wildman–Crippen LogP) is 4.32. The molecule has 0 atom stereocenters. The van der Waals surface area contributed by atoms with E-state index in [1.54, 1.807) is 55.4 Å². The van der Waals surface area contributed by atoms with Crippen LogP contribution in [0, 0.1) is 6.92 Å². The molecule has 0 radical (unpaired) electrons. The van der Waals surface area contributed by atoms with Gasteiger partial charge in [-0.1, -0.05) is 11.6 Å². The van der Waals surface area contributed by atoms with Gasteiger partial charge in [0.25, 0.3) is 5.91 Å². The van der Waals surface area contributed by atoms with E-state index in [9.17, 15) is 9.59 Å². The van der Waals surface area contributed by atoms with Crippen molar-refractivity contribution in [1.29, 1.82) is 0 Å². The monoisotopic (exact) mass is 353 g/mol. The lowest BCUT2D eigenvalue weighted by Crippen LogP contribution is -2.27. The van der Waals surface area contributed by atoms with E-state index in [0.29, 0.717) is 11.4 Å². The second-order valence-electron chi connectivity index (χ2n) is 7.40. The number of amides is 1. The first kappa shape index (κ1) is 17.8. The van der Waals surface area contributed by atoms with Crippen molar-refractivity contribution in [2.45, 2.75) is 33.3 Å². The molecular formula is C20H23N3O3. The zero-order valence-electron chi connectivity index (χ0n) is 15.7. The normalized spacial score (nSPS) is 11.6. The van der Waals surface area contributed by atoms with Crippen molar-refractivity contribution in [3.05, 3.63) is 54.0 Å². The third-order valence-corrected chi connectivity index (χ3v) is 3.93. The highest BCUT2D eigenvalue weighted by Crippen LogP contribution is 2.21. The molecule has 0 saturated carbocycles. The van der Waals surface area contributed by atoms with Crippen molar-refractivity contribution in [3.63, 3.8) is 0 Å². The van der Waals surface area contributed by atoms with Crippen LogP contribution in [0.15, 0.2) is 42.7 Å². The summed E-state index contributed by atoms with van der Waals surface area (Å²) in [6, 6.07) is 9.52. The minimum atomic E-state index is -0.584. The molecule has 26 heavy (non-hydrogen) atoms. The Labute approximate surface area is 152 Å². The van der Waals surface area contributed by atoms with E-state index < -0.39 is 11.7 Å². The Morgan fingerprint density at radius 1 is 1.12 bits per heavy atom. The summed E-state index contributed by atoms with van der Waals surface area (Å²) in [4.78, 5) is 24.9. The zero-order chi connectivity index (χ0) is 19.1. The number of carbonyl (C=O) groups is 2. The Balaban J connectivity index is 1.86. The molecule has 0 aliphatic heterocycles. The average molecular weight is 353 g/mol. The minimum absolute atomic E-state index is 0.163. The molecule has 2 aromatic heterocycles. The van der Waals surface area contributed by atoms with Gasteiger partial charge in [-0.25, -0.2) is 4.79 Å². The van der Waals surface area contributed by atoms with Gasteiger partial charge < -0.3 is 9.30 Å². The van der Waals surface area contributed by atoms with E-state index in [-0.39, 0.29) is 5.91 Å². The maximum Gasteiger partial charge on any atom is 0.412 e. The van der Waals surface area contributed by atoms with Crippen molar-refractivity contribution in [3.8, 4) is 0 Å². The molecule has 0 aliphatic rings. The molecule has 3 rings (SSSR count). The summed E-state index contributed by atoms with van der Waals surface area (Å²) < 4.78 is 8.54. The van der Waals surface area contributed by atoms with E-state index in [2.05, 4.69) is 5.32 Å². The molecule has 3 aromatic rings. The average Bonchev–Trinajstić information content (AvgIpc) is 3.07. The number of rotatable bonds is 2. The molecule has 0 unspecified atom stereocenters. The van der Waals surface area contributed by atoms with Crippen LogP contribution in [0.1, 0.15) is 36.8 Å². The second kappa shape index (κ2) is 6.37. The first-order valence-corrected chi connectivity index (χ1v) is 8.43. The highest BCUT2D eigenvalue weighted by atomic mass is 16.6. The van der Waals surface area contributed by atoms with Crippen LogP contribution in [-0.2, 0) is 11.8 Å². The summed E-state index contributed by atoms with van der Waals surface area (Å²) in [5, 5.41) is 3.67. The SMILES string of the molecule is Cc1ccc2c(ccn2C(=O)c2cc(NC(=O)OC(C)(C)C)cn2C)c1. The van der Waals surface area contributed by atoms with Crippen LogP contribution in [-0.4, -0.2) is 26.7 Å². The molecule has 136 valence electrons. The standard InChI is InChI=1S/C20H23N3O3/c1-13-6-7-16-14(10-13)8-9-23(16)18(24)17-11-15(12-22(17)5)21-19(25)26-20(2,3)4/h6-12H,1-5H3,(H,21,25). The van der Waals surface area contributed by atoms with Gasteiger partial charge >= 0.3 is 6.09 Å².